The highest BCUT2D eigenvalue weighted by Crippen LogP contribution is 2.30. The van der Waals surface area contributed by atoms with Gasteiger partial charge in [-0.25, -0.2) is 0 Å². The van der Waals surface area contributed by atoms with E-state index in [0.717, 1.165) is 0 Å². The molecule has 0 aromatic rings. The standard InChI is InChI=1S/C4H2F5N/c5-3(6,2-10)1-4(7,8)9/h1H2. The molecule has 0 amide bonds. The lowest BCUT2D eigenvalue weighted by Crippen LogP contribution is -2.23. The average Bonchev–Trinajstić information content (AvgIpc) is 1.60. The van der Waals surface area contributed by atoms with Crippen molar-refractivity contribution in [2.45, 2.75) is 18.5 Å². The van der Waals surface area contributed by atoms with E-state index in [9.17, 15) is 22.0 Å². The molecule has 0 aromatic carbocycles. The zero-order valence-corrected chi connectivity index (χ0v) is 4.54. The van der Waals surface area contributed by atoms with Crippen molar-refractivity contribution in [3.63, 3.8) is 0 Å². The predicted octanol–water partition coefficient (Wildman–Crippen LogP) is 2.10. The van der Waals surface area contributed by atoms with Crippen LogP contribution in [0.5, 0.6) is 0 Å². The van der Waals surface area contributed by atoms with Crippen LogP contribution in [0.3, 0.4) is 0 Å². The van der Waals surface area contributed by atoms with Gasteiger partial charge in [0.2, 0.25) is 0 Å². The fraction of sp³-hybridized carbons (Fsp3) is 0.750. The molecule has 1 nitrogen and oxygen atoms in total. The highest BCUT2D eigenvalue weighted by atomic mass is 19.4. The van der Waals surface area contributed by atoms with Crippen LogP contribution in [0.4, 0.5) is 22.0 Å². The molecule has 0 aliphatic heterocycles. The molecule has 0 bridgehead atoms. The molecule has 0 aliphatic rings. The van der Waals surface area contributed by atoms with Crippen LogP contribution in [0.25, 0.3) is 0 Å². The number of halogens is 5. The fourth-order valence-corrected chi connectivity index (χ4v) is 0.291. The number of alkyl halides is 5. The van der Waals surface area contributed by atoms with Crippen molar-refractivity contribution < 1.29 is 22.0 Å². The summed E-state index contributed by atoms with van der Waals surface area (Å²) in [4.78, 5) is 0. The highest BCUT2D eigenvalue weighted by Gasteiger charge is 2.43. The summed E-state index contributed by atoms with van der Waals surface area (Å²) in [6.07, 6.45) is -7.37. The van der Waals surface area contributed by atoms with E-state index in [1.165, 1.54) is 0 Å². The van der Waals surface area contributed by atoms with Gasteiger partial charge >= 0.3 is 12.1 Å². The van der Waals surface area contributed by atoms with Gasteiger partial charge in [0.15, 0.2) is 0 Å². The smallest absolute Gasteiger partial charge is 0.192 e. The maximum atomic E-state index is 11.6. The van der Waals surface area contributed by atoms with E-state index in [2.05, 4.69) is 0 Å². The topological polar surface area (TPSA) is 23.8 Å². The average molecular weight is 159 g/mol. The van der Waals surface area contributed by atoms with Gasteiger partial charge < -0.3 is 0 Å². The second-order valence-electron chi connectivity index (χ2n) is 1.61. The van der Waals surface area contributed by atoms with Gasteiger partial charge in [-0.3, -0.25) is 0 Å². The Labute approximate surface area is 53.1 Å². The van der Waals surface area contributed by atoms with E-state index in [-0.39, 0.29) is 6.07 Å². The van der Waals surface area contributed by atoms with E-state index < -0.39 is 18.5 Å². The third-order valence-corrected chi connectivity index (χ3v) is 0.586. The Morgan fingerprint density at radius 2 is 1.50 bits per heavy atom. The molecule has 0 radical (unpaired) electrons. The second kappa shape index (κ2) is 2.40. The third-order valence-electron chi connectivity index (χ3n) is 0.586. The number of nitrogens with zero attached hydrogens (tertiary/aromatic N) is 1. The molecule has 58 valence electrons. The first-order valence-corrected chi connectivity index (χ1v) is 2.13. The van der Waals surface area contributed by atoms with Crippen molar-refractivity contribution in [3.8, 4) is 6.07 Å². The van der Waals surface area contributed by atoms with E-state index >= 15 is 0 Å². The Balaban J connectivity index is 4.05. The molecule has 0 aliphatic carbocycles. The molecular weight excluding hydrogens is 157 g/mol. The molecule has 6 heteroatoms. The number of rotatable bonds is 1. The summed E-state index contributed by atoms with van der Waals surface area (Å²) in [7, 11) is 0. The number of hydrogen-bond acceptors (Lipinski definition) is 1. The van der Waals surface area contributed by atoms with E-state index in [1.807, 2.05) is 0 Å². The van der Waals surface area contributed by atoms with Gasteiger partial charge in [-0.1, -0.05) is 0 Å². The summed E-state index contributed by atoms with van der Waals surface area (Å²) in [5.74, 6) is -4.29. The Hall–Kier alpha value is -0.860. The zero-order chi connectivity index (χ0) is 8.41. The molecule has 0 unspecified atom stereocenters. The highest BCUT2D eigenvalue weighted by molar-refractivity contribution is 4.92. The van der Waals surface area contributed by atoms with Crippen LogP contribution < -0.4 is 0 Å². The minimum absolute atomic E-state index is 0.245. The Morgan fingerprint density at radius 3 is 1.60 bits per heavy atom. The maximum Gasteiger partial charge on any atom is 0.395 e. The van der Waals surface area contributed by atoms with Gasteiger partial charge in [0.1, 0.15) is 12.5 Å². The molecule has 0 heterocycles. The van der Waals surface area contributed by atoms with Crippen molar-refractivity contribution >= 4 is 0 Å². The van der Waals surface area contributed by atoms with Crippen molar-refractivity contribution in [1.29, 1.82) is 5.26 Å². The lowest BCUT2D eigenvalue weighted by atomic mass is 10.2. The van der Waals surface area contributed by atoms with Crippen molar-refractivity contribution in [3.05, 3.63) is 0 Å². The van der Waals surface area contributed by atoms with Crippen molar-refractivity contribution in [2.75, 3.05) is 0 Å². The number of hydrogen-bond donors (Lipinski definition) is 0. The minimum atomic E-state index is -4.99. The first-order chi connectivity index (χ1) is 4.27. The summed E-state index contributed by atoms with van der Waals surface area (Å²) < 4.78 is 56.5. The largest absolute Gasteiger partial charge is 0.395 e. The van der Waals surface area contributed by atoms with Crippen LogP contribution in [0, 0.1) is 11.3 Å². The molecule has 10 heavy (non-hydrogen) atoms. The fourth-order valence-electron chi connectivity index (χ4n) is 0.291. The Kier molecular flexibility index (Phi) is 2.20. The molecule has 0 saturated heterocycles. The summed E-state index contributed by atoms with van der Waals surface area (Å²) in [5.41, 5.74) is 0. The summed E-state index contributed by atoms with van der Waals surface area (Å²) in [6.45, 7) is 0. The quantitative estimate of drug-likeness (QED) is 0.537. The second-order valence-corrected chi connectivity index (χ2v) is 1.61. The molecule has 0 saturated carbocycles. The van der Waals surface area contributed by atoms with Crippen LogP contribution in [0.1, 0.15) is 6.42 Å². The number of nitriles is 1. The van der Waals surface area contributed by atoms with Crippen LogP contribution in [0.2, 0.25) is 0 Å². The third kappa shape index (κ3) is 4.06. The lowest BCUT2D eigenvalue weighted by molar-refractivity contribution is -0.173. The molecule has 0 N–H and O–H groups in total. The van der Waals surface area contributed by atoms with E-state index in [0.29, 0.717) is 0 Å². The first-order valence-electron chi connectivity index (χ1n) is 2.13. The van der Waals surface area contributed by atoms with Gasteiger partial charge in [0.25, 0.3) is 0 Å². The Morgan fingerprint density at radius 1 is 1.10 bits per heavy atom. The van der Waals surface area contributed by atoms with Crippen LogP contribution in [-0.2, 0) is 0 Å². The van der Waals surface area contributed by atoms with Crippen LogP contribution in [0.15, 0.2) is 0 Å². The normalized spacial score (nSPS) is 12.8. The van der Waals surface area contributed by atoms with E-state index in [4.69, 9.17) is 5.26 Å². The van der Waals surface area contributed by atoms with Gasteiger partial charge in [-0.15, -0.1) is 0 Å². The van der Waals surface area contributed by atoms with Gasteiger partial charge in [0.05, 0.1) is 0 Å². The maximum absolute atomic E-state index is 11.6. The first kappa shape index (κ1) is 9.14. The lowest BCUT2D eigenvalue weighted by Gasteiger charge is -2.09. The molecule has 0 spiro atoms. The zero-order valence-electron chi connectivity index (χ0n) is 4.54. The van der Waals surface area contributed by atoms with Crippen LogP contribution in [-0.4, -0.2) is 12.1 Å². The molecule has 0 aromatic heterocycles. The summed E-state index contributed by atoms with van der Waals surface area (Å²) >= 11 is 0. The molecule has 0 fully saturated rings. The summed E-state index contributed by atoms with van der Waals surface area (Å²) in [6, 6.07) is 0.245. The molecule has 0 rings (SSSR count). The minimum Gasteiger partial charge on any atom is -0.192 e. The van der Waals surface area contributed by atoms with Gasteiger partial charge in [-0.2, -0.15) is 27.2 Å². The Bertz CT molecular complexity index is 152. The SMILES string of the molecule is N#CC(F)(F)CC(F)(F)F. The summed E-state index contributed by atoms with van der Waals surface area (Å²) in [5, 5.41) is 7.46. The molecular formula is C4H2F5N. The monoisotopic (exact) mass is 159 g/mol. The van der Waals surface area contributed by atoms with E-state index in [1.54, 1.807) is 0 Å². The van der Waals surface area contributed by atoms with Crippen molar-refractivity contribution in [1.82, 2.24) is 0 Å². The molecule has 0 atom stereocenters. The van der Waals surface area contributed by atoms with Gasteiger partial charge in [0, 0.05) is 0 Å². The van der Waals surface area contributed by atoms with Crippen LogP contribution >= 0.6 is 0 Å². The van der Waals surface area contributed by atoms with Gasteiger partial charge in [-0.05, 0) is 0 Å². The van der Waals surface area contributed by atoms with Crippen molar-refractivity contribution in [2.24, 2.45) is 0 Å². The predicted molar refractivity (Wildman–Crippen MR) is 21.2 cm³/mol.